The number of aliphatic hydroxyl groups is 1. The molecule has 0 fully saturated rings. The molecule has 1 rings (SSSR count). The Balaban J connectivity index is 2.37. The van der Waals surface area contributed by atoms with Gasteiger partial charge in [0, 0.05) is 25.4 Å². The molecule has 1 aromatic rings. The molecule has 0 aromatic carbocycles. The van der Waals surface area contributed by atoms with Crippen LogP contribution in [-0.2, 0) is 13.0 Å². The maximum atomic E-state index is 9.13. The lowest BCUT2D eigenvalue weighted by Gasteiger charge is -2.07. The van der Waals surface area contributed by atoms with Crippen LogP contribution in [0.3, 0.4) is 0 Å². The fourth-order valence-corrected chi connectivity index (χ4v) is 1.55. The van der Waals surface area contributed by atoms with Crippen molar-refractivity contribution in [2.45, 2.75) is 52.2 Å². The standard InChI is InChI=1S/C11H20N2O/c1-3-5-11-12-7-9-13(11)8-4-6-10(2)14/h7,9-10,14H,3-6,8H2,1-2H3. The molecule has 0 spiro atoms. The number of hydrogen-bond donors (Lipinski definition) is 1. The van der Waals surface area contributed by atoms with Crippen molar-refractivity contribution in [1.29, 1.82) is 0 Å². The first-order chi connectivity index (χ1) is 6.74. The summed E-state index contributed by atoms with van der Waals surface area (Å²) in [6, 6.07) is 0. The van der Waals surface area contributed by atoms with Crippen LogP contribution in [0.2, 0.25) is 0 Å². The Morgan fingerprint density at radius 3 is 3.00 bits per heavy atom. The Kier molecular flexibility index (Phi) is 4.66. The first-order valence-corrected chi connectivity index (χ1v) is 5.42. The van der Waals surface area contributed by atoms with Crippen molar-refractivity contribution >= 4 is 0 Å². The molecule has 0 aliphatic rings. The highest BCUT2D eigenvalue weighted by molar-refractivity contribution is 4.92. The topological polar surface area (TPSA) is 38.0 Å². The second kappa shape index (κ2) is 5.81. The Bertz CT molecular complexity index is 256. The van der Waals surface area contributed by atoms with Gasteiger partial charge in [-0.25, -0.2) is 4.98 Å². The average Bonchev–Trinajstić information content (AvgIpc) is 2.53. The van der Waals surface area contributed by atoms with E-state index in [4.69, 9.17) is 5.11 Å². The van der Waals surface area contributed by atoms with E-state index in [0.717, 1.165) is 38.1 Å². The average molecular weight is 196 g/mol. The van der Waals surface area contributed by atoms with Crippen LogP contribution >= 0.6 is 0 Å². The lowest BCUT2D eigenvalue weighted by Crippen LogP contribution is -2.06. The molecule has 1 atom stereocenters. The summed E-state index contributed by atoms with van der Waals surface area (Å²) in [4.78, 5) is 4.30. The van der Waals surface area contributed by atoms with E-state index in [1.54, 1.807) is 0 Å². The van der Waals surface area contributed by atoms with Crippen LogP contribution in [0, 0.1) is 0 Å². The van der Waals surface area contributed by atoms with Crippen molar-refractivity contribution < 1.29 is 5.11 Å². The fourth-order valence-electron chi connectivity index (χ4n) is 1.55. The van der Waals surface area contributed by atoms with Crippen LogP contribution in [0.15, 0.2) is 12.4 Å². The van der Waals surface area contributed by atoms with Crippen molar-refractivity contribution in [2.75, 3.05) is 0 Å². The number of aromatic nitrogens is 2. The predicted molar refractivity (Wildman–Crippen MR) is 57.1 cm³/mol. The third kappa shape index (κ3) is 3.50. The molecule has 0 amide bonds. The van der Waals surface area contributed by atoms with Gasteiger partial charge >= 0.3 is 0 Å². The zero-order valence-corrected chi connectivity index (χ0v) is 9.11. The maximum absolute atomic E-state index is 9.13. The monoisotopic (exact) mass is 196 g/mol. The zero-order valence-electron chi connectivity index (χ0n) is 9.11. The molecule has 0 saturated heterocycles. The van der Waals surface area contributed by atoms with E-state index in [2.05, 4.69) is 16.5 Å². The molecule has 0 radical (unpaired) electrons. The van der Waals surface area contributed by atoms with Gasteiger partial charge in [0.15, 0.2) is 0 Å². The van der Waals surface area contributed by atoms with Crippen LogP contribution in [0.4, 0.5) is 0 Å². The second-order valence-corrected chi connectivity index (χ2v) is 3.78. The Morgan fingerprint density at radius 2 is 2.36 bits per heavy atom. The molecule has 1 heterocycles. The molecular formula is C11H20N2O. The van der Waals surface area contributed by atoms with Gasteiger partial charge in [0.05, 0.1) is 6.10 Å². The van der Waals surface area contributed by atoms with Gasteiger partial charge in [0.2, 0.25) is 0 Å². The van der Waals surface area contributed by atoms with Crippen LogP contribution in [0.1, 0.15) is 38.9 Å². The first-order valence-electron chi connectivity index (χ1n) is 5.42. The summed E-state index contributed by atoms with van der Waals surface area (Å²) in [6.07, 6.45) is 7.75. The SMILES string of the molecule is CCCc1nccn1CCCC(C)O. The molecular weight excluding hydrogens is 176 g/mol. The summed E-state index contributed by atoms with van der Waals surface area (Å²) >= 11 is 0. The minimum atomic E-state index is -0.187. The summed E-state index contributed by atoms with van der Waals surface area (Å²) in [5.74, 6) is 1.16. The molecule has 3 nitrogen and oxygen atoms in total. The number of aliphatic hydroxyl groups excluding tert-OH is 1. The van der Waals surface area contributed by atoms with E-state index in [1.165, 1.54) is 0 Å². The third-order valence-electron chi connectivity index (χ3n) is 2.30. The fraction of sp³-hybridized carbons (Fsp3) is 0.727. The highest BCUT2D eigenvalue weighted by atomic mass is 16.3. The lowest BCUT2D eigenvalue weighted by atomic mass is 10.2. The predicted octanol–water partition coefficient (Wildman–Crippen LogP) is 2.00. The van der Waals surface area contributed by atoms with Crippen molar-refractivity contribution in [2.24, 2.45) is 0 Å². The smallest absolute Gasteiger partial charge is 0.108 e. The number of imidazole rings is 1. The van der Waals surface area contributed by atoms with E-state index < -0.39 is 0 Å². The summed E-state index contributed by atoms with van der Waals surface area (Å²) < 4.78 is 2.19. The quantitative estimate of drug-likeness (QED) is 0.755. The normalized spacial score (nSPS) is 13.1. The highest BCUT2D eigenvalue weighted by Crippen LogP contribution is 2.05. The number of nitrogens with zero attached hydrogens (tertiary/aromatic N) is 2. The Morgan fingerprint density at radius 1 is 1.57 bits per heavy atom. The summed E-state index contributed by atoms with van der Waals surface area (Å²) in [5.41, 5.74) is 0. The Hall–Kier alpha value is -0.830. The molecule has 0 aliphatic heterocycles. The molecule has 0 aliphatic carbocycles. The van der Waals surface area contributed by atoms with E-state index in [9.17, 15) is 0 Å². The lowest BCUT2D eigenvalue weighted by molar-refractivity contribution is 0.179. The van der Waals surface area contributed by atoms with E-state index in [1.807, 2.05) is 19.3 Å². The summed E-state index contributed by atoms with van der Waals surface area (Å²) in [5, 5.41) is 9.13. The number of aryl methyl sites for hydroxylation is 2. The highest BCUT2D eigenvalue weighted by Gasteiger charge is 2.01. The number of hydrogen-bond acceptors (Lipinski definition) is 2. The van der Waals surface area contributed by atoms with E-state index in [-0.39, 0.29) is 6.10 Å². The molecule has 1 N–H and O–H groups in total. The molecule has 80 valence electrons. The largest absolute Gasteiger partial charge is 0.393 e. The van der Waals surface area contributed by atoms with Gasteiger partial charge in [-0.15, -0.1) is 0 Å². The van der Waals surface area contributed by atoms with Crippen LogP contribution in [-0.4, -0.2) is 20.8 Å². The zero-order chi connectivity index (χ0) is 10.4. The van der Waals surface area contributed by atoms with E-state index >= 15 is 0 Å². The minimum absolute atomic E-state index is 0.187. The van der Waals surface area contributed by atoms with Gasteiger partial charge in [-0.1, -0.05) is 6.92 Å². The van der Waals surface area contributed by atoms with Gasteiger partial charge in [-0.2, -0.15) is 0 Å². The van der Waals surface area contributed by atoms with Gasteiger partial charge in [-0.05, 0) is 26.2 Å². The van der Waals surface area contributed by atoms with Crippen LogP contribution < -0.4 is 0 Å². The van der Waals surface area contributed by atoms with Crippen molar-refractivity contribution in [3.05, 3.63) is 18.2 Å². The van der Waals surface area contributed by atoms with E-state index in [0.29, 0.717) is 0 Å². The third-order valence-corrected chi connectivity index (χ3v) is 2.30. The second-order valence-electron chi connectivity index (χ2n) is 3.78. The molecule has 0 bridgehead atoms. The number of rotatable bonds is 6. The first kappa shape index (κ1) is 11.2. The maximum Gasteiger partial charge on any atom is 0.108 e. The van der Waals surface area contributed by atoms with Gasteiger partial charge in [0.25, 0.3) is 0 Å². The van der Waals surface area contributed by atoms with Crippen molar-refractivity contribution in [1.82, 2.24) is 9.55 Å². The minimum Gasteiger partial charge on any atom is -0.393 e. The summed E-state index contributed by atoms with van der Waals surface area (Å²) in [7, 11) is 0. The molecule has 0 saturated carbocycles. The Labute approximate surface area is 85.8 Å². The van der Waals surface area contributed by atoms with Gasteiger partial charge in [0.1, 0.15) is 5.82 Å². The summed E-state index contributed by atoms with van der Waals surface area (Å²) in [6.45, 7) is 4.97. The molecule has 14 heavy (non-hydrogen) atoms. The molecule has 3 heteroatoms. The molecule has 1 aromatic heterocycles. The van der Waals surface area contributed by atoms with Gasteiger partial charge < -0.3 is 9.67 Å². The molecule has 1 unspecified atom stereocenters. The van der Waals surface area contributed by atoms with Crippen molar-refractivity contribution in [3.8, 4) is 0 Å². The van der Waals surface area contributed by atoms with Crippen LogP contribution in [0.5, 0.6) is 0 Å². The van der Waals surface area contributed by atoms with Crippen molar-refractivity contribution in [3.63, 3.8) is 0 Å². The van der Waals surface area contributed by atoms with Crippen LogP contribution in [0.25, 0.3) is 0 Å². The van der Waals surface area contributed by atoms with Gasteiger partial charge in [-0.3, -0.25) is 0 Å².